The van der Waals surface area contributed by atoms with Gasteiger partial charge in [-0.15, -0.1) is 0 Å². The molecule has 0 amide bonds. The Morgan fingerprint density at radius 3 is 2.31 bits per heavy atom. The minimum atomic E-state index is -0.629. The summed E-state index contributed by atoms with van der Waals surface area (Å²) in [5.41, 5.74) is 0.238. The van der Waals surface area contributed by atoms with Crippen LogP contribution < -0.4 is 4.74 Å². The van der Waals surface area contributed by atoms with Crippen LogP contribution in [0, 0.1) is 0 Å². The second-order valence-electron chi connectivity index (χ2n) is 4.52. The zero-order valence-electron chi connectivity index (χ0n) is 9.35. The first-order valence-corrected chi connectivity index (χ1v) is 5.77. The van der Waals surface area contributed by atoms with Gasteiger partial charge in [0.15, 0.2) is 0 Å². The van der Waals surface area contributed by atoms with Crippen molar-refractivity contribution < 1.29 is 14.9 Å². The van der Waals surface area contributed by atoms with Crippen LogP contribution >= 0.6 is 0 Å². The van der Waals surface area contributed by atoms with Crippen molar-refractivity contribution in [2.45, 2.75) is 37.9 Å². The molecule has 2 N–H and O–H groups in total. The van der Waals surface area contributed by atoms with Crippen molar-refractivity contribution in [1.82, 2.24) is 0 Å². The van der Waals surface area contributed by atoms with Crippen LogP contribution in [0.1, 0.15) is 31.2 Å². The highest BCUT2D eigenvalue weighted by Gasteiger charge is 2.31. The van der Waals surface area contributed by atoms with Gasteiger partial charge in [-0.2, -0.15) is 0 Å². The maximum atomic E-state index is 10.1. The van der Waals surface area contributed by atoms with Crippen LogP contribution in [0.25, 0.3) is 0 Å². The molecule has 0 unspecified atom stereocenters. The molecule has 0 heterocycles. The zero-order valence-corrected chi connectivity index (χ0v) is 9.35. The maximum Gasteiger partial charge on any atom is 0.119 e. The minimum absolute atomic E-state index is 0.0459. The summed E-state index contributed by atoms with van der Waals surface area (Å²) in [6.45, 7) is 0.412. The second kappa shape index (κ2) is 4.85. The summed E-state index contributed by atoms with van der Waals surface area (Å²) < 4.78 is 5.56. The molecule has 1 aliphatic rings. The first kappa shape index (κ1) is 11.4. The third-order valence-electron chi connectivity index (χ3n) is 3.15. The number of hydrogen-bond donors (Lipinski definition) is 2. The van der Waals surface area contributed by atoms with E-state index in [9.17, 15) is 5.11 Å². The fraction of sp³-hybridized carbons (Fsp3) is 0.538. The molecule has 0 saturated heterocycles. The highest BCUT2D eigenvalue weighted by Crippen LogP contribution is 2.30. The van der Waals surface area contributed by atoms with Crippen LogP contribution in [0.3, 0.4) is 0 Å². The highest BCUT2D eigenvalue weighted by molar-refractivity contribution is 5.26. The first-order chi connectivity index (χ1) is 7.72. The third kappa shape index (κ3) is 2.74. The van der Waals surface area contributed by atoms with E-state index in [1.807, 2.05) is 24.3 Å². The molecule has 16 heavy (non-hydrogen) atoms. The van der Waals surface area contributed by atoms with Gasteiger partial charge in [0.1, 0.15) is 12.4 Å². The lowest BCUT2D eigenvalue weighted by Gasteiger charge is -2.22. The maximum absolute atomic E-state index is 10.1. The monoisotopic (exact) mass is 222 g/mol. The molecule has 1 aromatic carbocycles. The number of ether oxygens (including phenoxy) is 1. The van der Waals surface area contributed by atoms with Crippen LogP contribution in [0.2, 0.25) is 0 Å². The Balaban J connectivity index is 1.89. The minimum Gasteiger partial charge on any atom is -0.491 e. The summed E-state index contributed by atoms with van der Waals surface area (Å²) in [5.74, 6) is 0.748. The third-order valence-corrected chi connectivity index (χ3v) is 3.15. The number of benzene rings is 1. The van der Waals surface area contributed by atoms with Gasteiger partial charge in [0.2, 0.25) is 0 Å². The van der Waals surface area contributed by atoms with E-state index in [4.69, 9.17) is 9.84 Å². The summed E-state index contributed by atoms with van der Waals surface area (Å²) in [6, 6.07) is 7.30. The lowest BCUT2D eigenvalue weighted by molar-refractivity contribution is 0.00140. The molecule has 1 aromatic rings. The molecule has 88 valence electrons. The summed E-state index contributed by atoms with van der Waals surface area (Å²) in [5, 5.41) is 19.0. The number of aliphatic hydroxyl groups excluding tert-OH is 1. The smallest absolute Gasteiger partial charge is 0.119 e. The SMILES string of the molecule is OCc1ccc(OCC2(O)CCCC2)cc1. The Morgan fingerprint density at radius 1 is 1.12 bits per heavy atom. The average molecular weight is 222 g/mol. The van der Waals surface area contributed by atoms with Crippen LogP contribution in [-0.4, -0.2) is 22.4 Å². The van der Waals surface area contributed by atoms with E-state index in [1.165, 1.54) is 0 Å². The average Bonchev–Trinajstić information content (AvgIpc) is 2.75. The van der Waals surface area contributed by atoms with Crippen molar-refractivity contribution >= 4 is 0 Å². The van der Waals surface area contributed by atoms with Crippen molar-refractivity contribution in [3.63, 3.8) is 0 Å². The van der Waals surface area contributed by atoms with E-state index < -0.39 is 5.60 Å². The van der Waals surface area contributed by atoms with Crippen molar-refractivity contribution in [2.75, 3.05) is 6.61 Å². The lowest BCUT2D eigenvalue weighted by atomic mass is 10.0. The fourth-order valence-electron chi connectivity index (χ4n) is 2.09. The van der Waals surface area contributed by atoms with Gasteiger partial charge in [-0.1, -0.05) is 25.0 Å². The summed E-state index contributed by atoms with van der Waals surface area (Å²) in [6.07, 6.45) is 3.84. The first-order valence-electron chi connectivity index (χ1n) is 5.77. The largest absolute Gasteiger partial charge is 0.491 e. The van der Waals surface area contributed by atoms with Crippen molar-refractivity contribution in [3.8, 4) is 5.75 Å². The molecule has 2 rings (SSSR count). The molecule has 1 aliphatic carbocycles. The van der Waals surface area contributed by atoms with Crippen molar-refractivity contribution in [1.29, 1.82) is 0 Å². The number of rotatable bonds is 4. The molecule has 0 atom stereocenters. The second-order valence-corrected chi connectivity index (χ2v) is 4.52. The number of aliphatic hydroxyl groups is 2. The molecule has 0 bridgehead atoms. The molecule has 0 radical (unpaired) electrons. The van der Waals surface area contributed by atoms with Crippen LogP contribution in [0.15, 0.2) is 24.3 Å². The number of hydrogen-bond acceptors (Lipinski definition) is 3. The van der Waals surface area contributed by atoms with E-state index >= 15 is 0 Å². The normalized spacial score (nSPS) is 18.6. The predicted molar refractivity (Wildman–Crippen MR) is 61.3 cm³/mol. The van der Waals surface area contributed by atoms with Gasteiger partial charge in [0, 0.05) is 0 Å². The summed E-state index contributed by atoms with van der Waals surface area (Å²) in [7, 11) is 0. The topological polar surface area (TPSA) is 49.7 Å². The van der Waals surface area contributed by atoms with Gasteiger partial charge in [0.25, 0.3) is 0 Å². The fourth-order valence-corrected chi connectivity index (χ4v) is 2.09. The Kier molecular flexibility index (Phi) is 3.46. The zero-order chi connectivity index (χ0) is 11.4. The molecule has 0 aliphatic heterocycles. The van der Waals surface area contributed by atoms with E-state index in [1.54, 1.807) is 0 Å². The van der Waals surface area contributed by atoms with E-state index in [2.05, 4.69) is 0 Å². The molecule has 1 saturated carbocycles. The molecule has 3 heteroatoms. The van der Waals surface area contributed by atoms with Crippen LogP contribution in [0.5, 0.6) is 5.75 Å². The van der Waals surface area contributed by atoms with Crippen LogP contribution in [0.4, 0.5) is 0 Å². The van der Waals surface area contributed by atoms with Gasteiger partial charge in [0.05, 0.1) is 12.2 Å². The van der Waals surface area contributed by atoms with Crippen molar-refractivity contribution in [2.24, 2.45) is 0 Å². The van der Waals surface area contributed by atoms with Gasteiger partial charge in [-0.25, -0.2) is 0 Å². The van der Waals surface area contributed by atoms with Crippen LogP contribution in [-0.2, 0) is 6.61 Å². The van der Waals surface area contributed by atoms with Gasteiger partial charge in [-0.05, 0) is 30.5 Å². The molecule has 1 fully saturated rings. The van der Waals surface area contributed by atoms with Gasteiger partial charge < -0.3 is 14.9 Å². The Bertz CT molecular complexity index is 326. The predicted octanol–water partition coefficient (Wildman–Crippen LogP) is 1.86. The summed E-state index contributed by atoms with van der Waals surface area (Å²) in [4.78, 5) is 0. The van der Waals surface area contributed by atoms with E-state index in [0.29, 0.717) is 6.61 Å². The highest BCUT2D eigenvalue weighted by atomic mass is 16.5. The van der Waals surface area contributed by atoms with Gasteiger partial charge in [-0.3, -0.25) is 0 Å². The Hall–Kier alpha value is -1.06. The standard InChI is InChI=1S/C13H18O3/c14-9-11-3-5-12(6-4-11)16-10-13(15)7-1-2-8-13/h3-6,14-15H,1-2,7-10H2. The molecular formula is C13H18O3. The molecular weight excluding hydrogens is 204 g/mol. The quantitative estimate of drug-likeness (QED) is 0.817. The van der Waals surface area contributed by atoms with E-state index in [0.717, 1.165) is 37.0 Å². The molecule has 0 spiro atoms. The van der Waals surface area contributed by atoms with E-state index in [-0.39, 0.29) is 6.61 Å². The van der Waals surface area contributed by atoms with Gasteiger partial charge >= 0.3 is 0 Å². The Morgan fingerprint density at radius 2 is 1.75 bits per heavy atom. The lowest BCUT2D eigenvalue weighted by Crippen LogP contribution is -2.32. The molecule has 0 aromatic heterocycles. The summed E-state index contributed by atoms with van der Waals surface area (Å²) >= 11 is 0. The molecule has 3 nitrogen and oxygen atoms in total. The Labute approximate surface area is 95.7 Å². The van der Waals surface area contributed by atoms with Crippen molar-refractivity contribution in [3.05, 3.63) is 29.8 Å².